The van der Waals surface area contributed by atoms with Crippen LogP contribution < -0.4 is 0 Å². The van der Waals surface area contributed by atoms with E-state index in [1.807, 2.05) is 0 Å². The summed E-state index contributed by atoms with van der Waals surface area (Å²) in [6.07, 6.45) is 3.42. The number of likely N-dealkylation sites (N-methyl/N-ethyl adjacent to an activating group) is 1. The molecule has 15 heavy (non-hydrogen) atoms. The summed E-state index contributed by atoms with van der Waals surface area (Å²) in [6.45, 7) is 6.42. The standard InChI is InChI=1S/C11H17N3S/c1-8(2)10-12-11(15-13-10)9-5-4-6-14(3)7-9/h5,8H,4,6-7H2,1-3H3. The third-order valence-electron chi connectivity index (χ3n) is 2.57. The monoisotopic (exact) mass is 223 g/mol. The van der Waals surface area contributed by atoms with Gasteiger partial charge in [0, 0.05) is 19.0 Å². The van der Waals surface area contributed by atoms with Gasteiger partial charge in [0.25, 0.3) is 0 Å². The van der Waals surface area contributed by atoms with E-state index in [-0.39, 0.29) is 0 Å². The maximum atomic E-state index is 4.58. The molecule has 0 aromatic carbocycles. The predicted octanol–water partition coefficient (Wildman–Crippen LogP) is 2.38. The van der Waals surface area contributed by atoms with E-state index in [1.54, 1.807) is 0 Å². The van der Waals surface area contributed by atoms with Crippen LogP contribution in [0.3, 0.4) is 0 Å². The van der Waals surface area contributed by atoms with Crippen molar-refractivity contribution in [2.45, 2.75) is 26.2 Å². The lowest BCUT2D eigenvalue weighted by atomic mass is 10.1. The fourth-order valence-electron chi connectivity index (χ4n) is 1.65. The van der Waals surface area contributed by atoms with Crippen LogP contribution in [0.15, 0.2) is 6.08 Å². The van der Waals surface area contributed by atoms with E-state index >= 15 is 0 Å². The van der Waals surface area contributed by atoms with Gasteiger partial charge in [0.15, 0.2) is 0 Å². The SMILES string of the molecule is CC(C)c1nsc(C2=CCCN(C)C2)n1. The molecule has 1 aromatic rings. The Morgan fingerprint density at radius 2 is 2.27 bits per heavy atom. The minimum Gasteiger partial charge on any atom is -0.302 e. The van der Waals surface area contributed by atoms with Gasteiger partial charge >= 0.3 is 0 Å². The Morgan fingerprint density at radius 1 is 1.47 bits per heavy atom. The minimum atomic E-state index is 0.428. The molecule has 0 radical (unpaired) electrons. The summed E-state index contributed by atoms with van der Waals surface area (Å²) >= 11 is 1.53. The van der Waals surface area contributed by atoms with Crippen LogP contribution in [0.5, 0.6) is 0 Å². The second-order valence-electron chi connectivity index (χ2n) is 4.37. The van der Waals surface area contributed by atoms with Crippen LogP contribution in [0.2, 0.25) is 0 Å². The van der Waals surface area contributed by atoms with E-state index in [1.165, 1.54) is 17.1 Å². The molecule has 0 aliphatic carbocycles. The van der Waals surface area contributed by atoms with E-state index < -0.39 is 0 Å². The lowest BCUT2D eigenvalue weighted by molar-refractivity contribution is 0.373. The molecule has 82 valence electrons. The van der Waals surface area contributed by atoms with Gasteiger partial charge in [-0.2, -0.15) is 4.37 Å². The Bertz CT molecular complexity index is 368. The van der Waals surface area contributed by atoms with Gasteiger partial charge in [0.05, 0.1) is 0 Å². The number of hydrogen-bond donors (Lipinski definition) is 0. The van der Waals surface area contributed by atoms with Crippen molar-refractivity contribution in [3.63, 3.8) is 0 Å². The molecule has 0 bridgehead atoms. The highest BCUT2D eigenvalue weighted by Gasteiger charge is 2.15. The molecule has 0 saturated heterocycles. The minimum absolute atomic E-state index is 0.428. The zero-order chi connectivity index (χ0) is 10.8. The summed E-state index contributed by atoms with van der Waals surface area (Å²) in [5, 5.41) is 1.10. The third-order valence-corrected chi connectivity index (χ3v) is 3.38. The summed E-state index contributed by atoms with van der Waals surface area (Å²) in [7, 11) is 2.15. The highest BCUT2D eigenvalue weighted by atomic mass is 32.1. The van der Waals surface area contributed by atoms with Gasteiger partial charge in [-0.15, -0.1) is 0 Å². The van der Waals surface area contributed by atoms with Crippen LogP contribution in [0.1, 0.15) is 37.0 Å². The van der Waals surface area contributed by atoms with Gasteiger partial charge < -0.3 is 4.90 Å². The summed E-state index contributed by atoms with van der Waals surface area (Å²) in [4.78, 5) is 6.91. The second-order valence-corrected chi connectivity index (χ2v) is 5.12. The zero-order valence-corrected chi connectivity index (χ0v) is 10.3. The molecule has 1 aromatic heterocycles. The normalized spacial score (nSPS) is 18.3. The van der Waals surface area contributed by atoms with Crippen molar-refractivity contribution in [2.75, 3.05) is 20.1 Å². The van der Waals surface area contributed by atoms with Crippen molar-refractivity contribution in [1.29, 1.82) is 0 Å². The maximum absolute atomic E-state index is 4.58. The van der Waals surface area contributed by atoms with Crippen LogP contribution in [-0.4, -0.2) is 34.4 Å². The fraction of sp³-hybridized carbons (Fsp3) is 0.636. The summed E-state index contributed by atoms with van der Waals surface area (Å²) < 4.78 is 4.39. The molecule has 1 aliphatic rings. The van der Waals surface area contributed by atoms with E-state index in [2.05, 4.69) is 41.2 Å². The first-order chi connectivity index (χ1) is 7.16. The molecule has 0 amide bonds. The first-order valence-corrected chi connectivity index (χ1v) is 6.15. The molecule has 0 atom stereocenters. The summed E-state index contributed by atoms with van der Waals surface area (Å²) in [5.74, 6) is 1.40. The van der Waals surface area contributed by atoms with Crippen molar-refractivity contribution < 1.29 is 0 Å². The largest absolute Gasteiger partial charge is 0.302 e. The van der Waals surface area contributed by atoms with Gasteiger partial charge in [0.1, 0.15) is 10.8 Å². The Balaban J connectivity index is 2.18. The molecule has 0 N–H and O–H groups in total. The highest BCUT2D eigenvalue weighted by Crippen LogP contribution is 2.23. The first kappa shape index (κ1) is 10.8. The van der Waals surface area contributed by atoms with E-state index in [0.717, 1.165) is 30.3 Å². The number of nitrogens with zero attached hydrogens (tertiary/aromatic N) is 3. The lowest BCUT2D eigenvalue weighted by Crippen LogP contribution is -2.24. The Morgan fingerprint density at radius 3 is 2.87 bits per heavy atom. The van der Waals surface area contributed by atoms with Crippen molar-refractivity contribution in [3.8, 4) is 0 Å². The lowest BCUT2D eigenvalue weighted by Gasteiger charge is -2.21. The molecular weight excluding hydrogens is 206 g/mol. The zero-order valence-electron chi connectivity index (χ0n) is 9.53. The average Bonchev–Trinajstić information content (AvgIpc) is 2.66. The summed E-state index contributed by atoms with van der Waals surface area (Å²) in [5.41, 5.74) is 1.34. The third kappa shape index (κ3) is 2.44. The van der Waals surface area contributed by atoms with Crippen molar-refractivity contribution in [2.24, 2.45) is 0 Å². The molecule has 4 heteroatoms. The van der Waals surface area contributed by atoms with Crippen LogP contribution >= 0.6 is 11.5 Å². The molecular formula is C11H17N3S. The molecule has 2 rings (SSSR count). The van der Waals surface area contributed by atoms with Gasteiger partial charge in [-0.05, 0) is 30.6 Å². The van der Waals surface area contributed by atoms with Gasteiger partial charge in [-0.25, -0.2) is 4.98 Å². The van der Waals surface area contributed by atoms with Crippen molar-refractivity contribution >= 4 is 17.1 Å². The molecule has 2 heterocycles. The molecule has 0 unspecified atom stereocenters. The smallest absolute Gasteiger partial charge is 0.145 e. The van der Waals surface area contributed by atoms with Crippen LogP contribution in [0, 0.1) is 0 Å². The first-order valence-electron chi connectivity index (χ1n) is 5.38. The van der Waals surface area contributed by atoms with E-state index in [0.29, 0.717) is 5.92 Å². The average molecular weight is 223 g/mol. The predicted molar refractivity (Wildman–Crippen MR) is 64.1 cm³/mol. The quantitative estimate of drug-likeness (QED) is 0.771. The second kappa shape index (κ2) is 4.41. The Kier molecular flexibility index (Phi) is 3.17. The van der Waals surface area contributed by atoms with Gasteiger partial charge in [0.2, 0.25) is 0 Å². The maximum Gasteiger partial charge on any atom is 0.145 e. The number of rotatable bonds is 2. The van der Waals surface area contributed by atoms with Crippen LogP contribution in [0.4, 0.5) is 0 Å². The van der Waals surface area contributed by atoms with Crippen LogP contribution in [-0.2, 0) is 0 Å². The van der Waals surface area contributed by atoms with Crippen molar-refractivity contribution in [1.82, 2.24) is 14.3 Å². The molecule has 0 fully saturated rings. The number of hydrogen-bond acceptors (Lipinski definition) is 4. The summed E-state index contributed by atoms with van der Waals surface area (Å²) in [6, 6.07) is 0. The van der Waals surface area contributed by atoms with Gasteiger partial charge in [-0.1, -0.05) is 19.9 Å². The van der Waals surface area contributed by atoms with Crippen LogP contribution in [0.25, 0.3) is 5.57 Å². The number of aromatic nitrogens is 2. The highest BCUT2D eigenvalue weighted by molar-refractivity contribution is 7.06. The van der Waals surface area contributed by atoms with Gasteiger partial charge in [-0.3, -0.25) is 0 Å². The van der Waals surface area contributed by atoms with Crippen molar-refractivity contribution in [3.05, 3.63) is 16.9 Å². The Hall–Kier alpha value is -0.740. The molecule has 0 spiro atoms. The molecule has 3 nitrogen and oxygen atoms in total. The molecule has 1 aliphatic heterocycles. The van der Waals surface area contributed by atoms with E-state index in [4.69, 9.17) is 0 Å². The topological polar surface area (TPSA) is 29.0 Å². The fourth-order valence-corrected chi connectivity index (χ4v) is 2.48. The molecule has 0 saturated carbocycles. The Labute approximate surface area is 95.0 Å². The van der Waals surface area contributed by atoms with E-state index in [9.17, 15) is 0 Å².